The molecule has 5 nitrogen and oxygen atoms in total. The summed E-state index contributed by atoms with van der Waals surface area (Å²) in [5, 5.41) is 3.95. The molecule has 5 heteroatoms. The number of hydrogen-bond acceptors (Lipinski definition) is 4. The molecule has 0 spiro atoms. The largest absolute Gasteiger partial charge is 0.446 e. The Bertz CT molecular complexity index is 403. The van der Waals surface area contributed by atoms with Crippen LogP contribution in [-0.4, -0.2) is 24.5 Å². The van der Waals surface area contributed by atoms with E-state index in [1.54, 1.807) is 0 Å². The van der Waals surface area contributed by atoms with Gasteiger partial charge in [-0.3, -0.25) is 0 Å². The summed E-state index contributed by atoms with van der Waals surface area (Å²) in [6.45, 7) is 0.134. The van der Waals surface area contributed by atoms with E-state index >= 15 is 0 Å². The molecular weight excluding hydrogens is 208 g/mol. The zero-order valence-corrected chi connectivity index (χ0v) is 8.63. The first-order chi connectivity index (χ1) is 7.75. The van der Waals surface area contributed by atoms with Gasteiger partial charge in [0.15, 0.2) is 6.10 Å². The van der Waals surface area contributed by atoms with Crippen LogP contribution >= 0.6 is 0 Å². The first-order valence-electron chi connectivity index (χ1n) is 4.96. The molecule has 0 aliphatic carbocycles. The van der Waals surface area contributed by atoms with Crippen LogP contribution in [0, 0.1) is 0 Å². The summed E-state index contributed by atoms with van der Waals surface area (Å²) >= 11 is 0. The topological polar surface area (TPSA) is 73.9 Å². The molecule has 1 atom stereocenters. The third-order valence-electron chi connectivity index (χ3n) is 2.25. The highest BCUT2D eigenvalue weighted by Gasteiger charge is 2.22. The number of rotatable bonds is 3. The second-order valence-electron chi connectivity index (χ2n) is 3.47. The van der Waals surface area contributed by atoms with Gasteiger partial charge >= 0.3 is 6.09 Å². The van der Waals surface area contributed by atoms with E-state index in [9.17, 15) is 4.79 Å². The smallest absolute Gasteiger partial charge is 0.404 e. The van der Waals surface area contributed by atoms with Gasteiger partial charge in [0.1, 0.15) is 6.61 Å². The highest BCUT2D eigenvalue weighted by Crippen LogP contribution is 2.16. The summed E-state index contributed by atoms with van der Waals surface area (Å²) in [6, 6.07) is 9.72. The number of carbonyl (C=O) groups is 1. The van der Waals surface area contributed by atoms with Crippen molar-refractivity contribution in [2.75, 3.05) is 6.61 Å². The molecule has 0 radical (unpaired) electrons. The van der Waals surface area contributed by atoms with Gasteiger partial charge in [0.2, 0.25) is 0 Å². The number of oxime groups is 1. The van der Waals surface area contributed by atoms with Crippen LogP contribution in [-0.2, 0) is 9.57 Å². The summed E-state index contributed by atoms with van der Waals surface area (Å²) in [5.41, 5.74) is 6.74. The van der Waals surface area contributed by atoms with Crippen LogP contribution < -0.4 is 5.73 Å². The van der Waals surface area contributed by atoms with Crippen molar-refractivity contribution in [1.82, 2.24) is 0 Å². The van der Waals surface area contributed by atoms with Crippen molar-refractivity contribution in [1.29, 1.82) is 0 Å². The molecule has 1 unspecified atom stereocenters. The highest BCUT2D eigenvalue weighted by molar-refractivity contribution is 6.01. The lowest BCUT2D eigenvalue weighted by Crippen LogP contribution is -2.22. The fourth-order valence-corrected chi connectivity index (χ4v) is 1.49. The molecule has 1 aromatic carbocycles. The predicted molar refractivity (Wildman–Crippen MR) is 58.0 cm³/mol. The second-order valence-corrected chi connectivity index (χ2v) is 3.47. The number of ether oxygens (including phenoxy) is 1. The lowest BCUT2D eigenvalue weighted by Gasteiger charge is -2.06. The molecule has 0 bridgehead atoms. The van der Waals surface area contributed by atoms with E-state index in [2.05, 4.69) is 9.89 Å². The number of carbonyl (C=O) groups excluding carboxylic acids is 1. The van der Waals surface area contributed by atoms with E-state index < -0.39 is 6.09 Å². The van der Waals surface area contributed by atoms with Crippen LogP contribution in [0.4, 0.5) is 4.79 Å². The normalized spacial score (nSPS) is 18.8. The number of benzene rings is 1. The quantitative estimate of drug-likeness (QED) is 0.833. The maximum Gasteiger partial charge on any atom is 0.404 e. The number of primary amides is 1. The maximum atomic E-state index is 10.4. The van der Waals surface area contributed by atoms with E-state index in [1.807, 2.05) is 30.3 Å². The summed E-state index contributed by atoms with van der Waals surface area (Å²) in [5.74, 6) is 0. The standard InChI is InChI=1S/C11H12N2O3/c12-11(14)15-7-9-6-10(13-16-9)8-4-2-1-3-5-8/h1-5,9H,6-7H2,(H2,12,14). The summed E-state index contributed by atoms with van der Waals surface area (Å²) in [4.78, 5) is 15.5. The molecule has 1 aromatic rings. The van der Waals surface area contributed by atoms with Crippen LogP contribution in [0.15, 0.2) is 35.5 Å². The van der Waals surface area contributed by atoms with Crippen molar-refractivity contribution >= 4 is 11.8 Å². The molecule has 2 rings (SSSR count). The molecule has 84 valence electrons. The van der Waals surface area contributed by atoms with Gasteiger partial charge in [-0.2, -0.15) is 0 Å². The van der Waals surface area contributed by atoms with Crippen molar-refractivity contribution in [2.45, 2.75) is 12.5 Å². The molecule has 16 heavy (non-hydrogen) atoms. The Labute approximate surface area is 92.8 Å². The first kappa shape index (κ1) is 10.5. The van der Waals surface area contributed by atoms with Crippen molar-refractivity contribution in [3.05, 3.63) is 35.9 Å². The van der Waals surface area contributed by atoms with E-state index in [0.717, 1.165) is 11.3 Å². The van der Waals surface area contributed by atoms with E-state index in [0.29, 0.717) is 6.42 Å². The van der Waals surface area contributed by atoms with Crippen LogP contribution in [0.1, 0.15) is 12.0 Å². The molecule has 0 saturated heterocycles. The Balaban J connectivity index is 1.90. The zero-order chi connectivity index (χ0) is 11.4. The molecule has 0 aromatic heterocycles. The Kier molecular flexibility index (Phi) is 3.05. The SMILES string of the molecule is NC(=O)OCC1CC(c2ccccc2)=NO1. The highest BCUT2D eigenvalue weighted by atomic mass is 16.7. The van der Waals surface area contributed by atoms with Gasteiger partial charge in [0.25, 0.3) is 0 Å². The number of nitrogens with zero attached hydrogens (tertiary/aromatic N) is 1. The monoisotopic (exact) mass is 220 g/mol. The Morgan fingerprint density at radius 2 is 2.25 bits per heavy atom. The van der Waals surface area contributed by atoms with Crippen LogP contribution in [0.2, 0.25) is 0 Å². The molecule has 1 heterocycles. The van der Waals surface area contributed by atoms with Crippen LogP contribution in [0.3, 0.4) is 0 Å². The fourth-order valence-electron chi connectivity index (χ4n) is 1.49. The van der Waals surface area contributed by atoms with Gasteiger partial charge in [-0.1, -0.05) is 35.5 Å². The maximum absolute atomic E-state index is 10.4. The Morgan fingerprint density at radius 3 is 2.94 bits per heavy atom. The molecule has 1 aliphatic rings. The van der Waals surface area contributed by atoms with Gasteiger partial charge in [-0.25, -0.2) is 4.79 Å². The number of amides is 1. The fraction of sp³-hybridized carbons (Fsp3) is 0.273. The third kappa shape index (κ3) is 2.50. The van der Waals surface area contributed by atoms with Crippen molar-refractivity contribution in [2.24, 2.45) is 10.9 Å². The van der Waals surface area contributed by atoms with E-state index in [4.69, 9.17) is 10.6 Å². The van der Waals surface area contributed by atoms with Crippen molar-refractivity contribution in [3.63, 3.8) is 0 Å². The summed E-state index contributed by atoms with van der Waals surface area (Å²) in [6.07, 6.45) is -0.406. The molecule has 0 saturated carbocycles. The van der Waals surface area contributed by atoms with Gasteiger partial charge < -0.3 is 15.3 Å². The third-order valence-corrected chi connectivity index (χ3v) is 2.25. The van der Waals surface area contributed by atoms with Crippen molar-refractivity contribution < 1.29 is 14.4 Å². The minimum Gasteiger partial charge on any atom is -0.446 e. The average Bonchev–Trinajstić information content (AvgIpc) is 2.76. The summed E-state index contributed by atoms with van der Waals surface area (Å²) < 4.78 is 4.65. The zero-order valence-electron chi connectivity index (χ0n) is 8.63. The minimum absolute atomic E-state index is 0.134. The number of hydrogen-bond donors (Lipinski definition) is 1. The average molecular weight is 220 g/mol. The molecule has 2 N–H and O–H groups in total. The Morgan fingerprint density at radius 1 is 1.50 bits per heavy atom. The lowest BCUT2D eigenvalue weighted by molar-refractivity contribution is 0.0299. The van der Waals surface area contributed by atoms with Gasteiger partial charge in [-0.05, 0) is 5.56 Å². The van der Waals surface area contributed by atoms with E-state index in [-0.39, 0.29) is 12.7 Å². The predicted octanol–water partition coefficient (Wildman–Crippen LogP) is 1.27. The first-order valence-corrected chi connectivity index (χ1v) is 4.96. The Hall–Kier alpha value is -2.04. The minimum atomic E-state index is -0.795. The second kappa shape index (κ2) is 4.65. The van der Waals surface area contributed by atoms with Gasteiger partial charge in [-0.15, -0.1) is 0 Å². The van der Waals surface area contributed by atoms with Crippen LogP contribution in [0.25, 0.3) is 0 Å². The molecule has 0 fully saturated rings. The molecule has 1 aliphatic heterocycles. The van der Waals surface area contributed by atoms with Gasteiger partial charge in [0.05, 0.1) is 5.71 Å². The molecule has 1 amide bonds. The van der Waals surface area contributed by atoms with Crippen LogP contribution in [0.5, 0.6) is 0 Å². The summed E-state index contributed by atoms with van der Waals surface area (Å²) in [7, 11) is 0. The van der Waals surface area contributed by atoms with Gasteiger partial charge in [0, 0.05) is 6.42 Å². The van der Waals surface area contributed by atoms with E-state index in [1.165, 1.54) is 0 Å². The van der Waals surface area contributed by atoms with Crippen molar-refractivity contribution in [3.8, 4) is 0 Å². The lowest BCUT2D eigenvalue weighted by atomic mass is 10.1. The molecular formula is C11H12N2O3. The number of nitrogens with two attached hydrogens (primary N) is 1.